The van der Waals surface area contributed by atoms with Crippen molar-refractivity contribution < 1.29 is 19.2 Å². The second-order valence-electron chi connectivity index (χ2n) is 6.98. The van der Waals surface area contributed by atoms with Gasteiger partial charge in [-0.3, -0.25) is 4.79 Å². The van der Waals surface area contributed by atoms with Gasteiger partial charge in [-0.1, -0.05) is 11.2 Å². The number of rotatable bonds is 5. The molecular weight excluding hydrogens is 320 g/mol. The molecule has 0 bridgehead atoms. The maximum absolute atomic E-state index is 12.3. The smallest absolute Gasteiger partial charge is 0.273 e. The number of methoxy groups -OCH3 is 1. The van der Waals surface area contributed by atoms with E-state index in [0.29, 0.717) is 12.3 Å². The van der Waals surface area contributed by atoms with Crippen LogP contribution in [0.25, 0.3) is 0 Å². The number of hydrogen-bond acceptors (Lipinski definition) is 5. The van der Waals surface area contributed by atoms with E-state index in [-0.39, 0.29) is 18.1 Å². The zero-order chi connectivity index (χ0) is 17.4. The van der Waals surface area contributed by atoms with E-state index in [1.54, 1.807) is 13.2 Å². The molecule has 1 aromatic carbocycles. The Labute approximate surface area is 146 Å². The van der Waals surface area contributed by atoms with Crippen LogP contribution in [0.3, 0.4) is 0 Å². The zero-order valence-electron chi connectivity index (χ0n) is 14.2. The number of aliphatic hydroxyl groups is 1. The average molecular weight is 342 g/mol. The summed E-state index contributed by atoms with van der Waals surface area (Å²) in [5.41, 5.74) is 1.13. The molecule has 1 atom stereocenters. The van der Waals surface area contributed by atoms with Crippen molar-refractivity contribution in [1.29, 1.82) is 0 Å². The molecule has 1 heterocycles. The minimum atomic E-state index is -1.07. The van der Waals surface area contributed by atoms with Gasteiger partial charge in [0.15, 0.2) is 5.69 Å². The highest BCUT2D eigenvalue weighted by Crippen LogP contribution is 2.40. The predicted octanol–water partition coefficient (Wildman–Crippen LogP) is 2.51. The number of ether oxygens (including phenoxy) is 1. The standard InChI is InChI=1S/C19H22N2O4/c1-24-14-6-7-15-13(9-14)3-2-8-19(15,23)11-20-18(22)16-10-17(25-21-16)12-4-5-12/h6-7,9-10,12,23H,2-5,8,11H2,1H3,(H,20,22)/t19-/m1/s1. The Bertz CT molecular complexity index is 796. The summed E-state index contributed by atoms with van der Waals surface area (Å²) in [6.45, 7) is 0.150. The number of aromatic nitrogens is 1. The third-order valence-electron chi connectivity index (χ3n) is 5.13. The van der Waals surface area contributed by atoms with Crippen molar-refractivity contribution in [3.63, 3.8) is 0 Å². The summed E-state index contributed by atoms with van der Waals surface area (Å²) >= 11 is 0. The normalized spacial score (nSPS) is 22.3. The third kappa shape index (κ3) is 3.14. The summed E-state index contributed by atoms with van der Waals surface area (Å²) in [6.07, 6.45) is 4.56. The van der Waals surface area contributed by atoms with E-state index in [0.717, 1.165) is 48.3 Å². The van der Waals surface area contributed by atoms with Gasteiger partial charge in [-0.2, -0.15) is 0 Å². The molecule has 132 valence electrons. The number of benzene rings is 1. The van der Waals surface area contributed by atoms with E-state index in [2.05, 4.69) is 10.5 Å². The number of nitrogens with one attached hydrogen (secondary N) is 1. The fraction of sp³-hybridized carbons (Fsp3) is 0.474. The fourth-order valence-corrected chi connectivity index (χ4v) is 3.52. The molecule has 2 aliphatic rings. The van der Waals surface area contributed by atoms with Crippen molar-refractivity contribution in [2.45, 2.75) is 43.6 Å². The van der Waals surface area contributed by atoms with Crippen LogP contribution in [0.1, 0.15) is 59.0 Å². The topological polar surface area (TPSA) is 84.6 Å². The van der Waals surface area contributed by atoms with Gasteiger partial charge in [-0.15, -0.1) is 0 Å². The van der Waals surface area contributed by atoms with Gasteiger partial charge < -0.3 is 19.7 Å². The number of nitrogens with zero attached hydrogens (tertiary/aromatic N) is 1. The molecule has 0 radical (unpaired) electrons. The van der Waals surface area contributed by atoms with Gasteiger partial charge >= 0.3 is 0 Å². The van der Waals surface area contributed by atoms with E-state index in [1.165, 1.54) is 0 Å². The van der Waals surface area contributed by atoms with Crippen LogP contribution in [-0.2, 0) is 12.0 Å². The van der Waals surface area contributed by atoms with E-state index in [4.69, 9.17) is 9.26 Å². The number of fused-ring (bicyclic) bond motifs is 1. The lowest BCUT2D eigenvalue weighted by Gasteiger charge is -2.34. The van der Waals surface area contributed by atoms with Crippen molar-refractivity contribution in [3.05, 3.63) is 46.8 Å². The summed E-state index contributed by atoms with van der Waals surface area (Å²) in [4.78, 5) is 12.3. The van der Waals surface area contributed by atoms with Gasteiger partial charge in [0.25, 0.3) is 5.91 Å². The number of carbonyl (C=O) groups is 1. The molecule has 2 N–H and O–H groups in total. The molecular formula is C19H22N2O4. The molecule has 2 aliphatic carbocycles. The largest absolute Gasteiger partial charge is 0.497 e. The monoisotopic (exact) mass is 342 g/mol. The first-order chi connectivity index (χ1) is 12.1. The Kier molecular flexibility index (Phi) is 4.00. The molecule has 0 unspecified atom stereocenters. The minimum Gasteiger partial charge on any atom is -0.497 e. The maximum Gasteiger partial charge on any atom is 0.273 e. The van der Waals surface area contributed by atoms with Gasteiger partial charge in [-0.25, -0.2) is 0 Å². The lowest BCUT2D eigenvalue weighted by atomic mass is 9.79. The van der Waals surface area contributed by atoms with Crippen LogP contribution < -0.4 is 10.1 Å². The van der Waals surface area contributed by atoms with Crippen LogP contribution in [0.4, 0.5) is 0 Å². The van der Waals surface area contributed by atoms with Crippen LogP contribution in [0.5, 0.6) is 5.75 Å². The Morgan fingerprint density at radius 2 is 2.28 bits per heavy atom. The molecule has 6 nitrogen and oxygen atoms in total. The first kappa shape index (κ1) is 16.1. The first-order valence-corrected chi connectivity index (χ1v) is 8.74. The summed E-state index contributed by atoms with van der Waals surface area (Å²) in [7, 11) is 1.63. The van der Waals surface area contributed by atoms with E-state index < -0.39 is 5.60 Å². The molecule has 2 aromatic rings. The van der Waals surface area contributed by atoms with Gasteiger partial charge in [0.1, 0.15) is 17.1 Å². The minimum absolute atomic E-state index is 0.150. The summed E-state index contributed by atoms with van der Waals surface area (Å²) in [5.74, 6) is 1.66. The van der Waals surface area contributed by atoms with Crippen molar-refractivity contribution >= 4 is 5.91 Å². The maximum atomic E-state index is 12.3. The Balaban J connectivity index is 1.47. The quantitative estimate of drug-likeness (QED) is 0.872. The Morgan fingerprint density at radius 3 is 3.04 bits per heavy atom. The SMILES string of the molecule is COc1ccc2c(c1)CCC[C@@]2(O)CNC(=O)c1cc(C2CC2)on1. The van der Waals surface area contributed by atoms with Crippen LogP contribution in [0.15, 0.2) is 28.8 Å². The van der Waals surface area contributed by atoms with Gasteiger partial charge in [0.05, 0.1) is 13.7 Å². The second kappa shape index (κ2) is 6.19. The molecule has 25 heavy (non-hydrogen) atoms. The Morgan fingerprint density at radius 1 is 1.44 bits per heavy atom. The van der Waals surface area contributed by atoms with Gasteiger partial charge in [0.2, 0.25) is 0 Å². The lowest BCUT2D eigenvalue weighted by Crippen LogP contribution is -2.43. The van der Waals surface area contributed by atoms with E-state index in [9.17, 15) is 9.90 Å². The fourth-order valence-electron chi connectivity index (χ4n) is 3.52. The molecule has 0 saturated heterocycles. The first-order valence-electron chi connectivity index (χ1n) is 8.74. The molecule has 4 rings (SSSR count). The zero-order valence-corrected chi connectivity index (χ0v) is 14.2. The lowest BCUT2D eigenvalue weighted by molar-refractivity contribution is 0.0188. The van der Waals surface area contributed by atoms with Gasteiger partial charge in [-0.05, 0) is 55.4 Å². The number of carbonyl (C=O) groups excluding carboxylic acids is 1. The molecule has 1 saturated carbocycles. The van der Waals surface area contributed by atoms with Crippen molar-refractivity contribution in [2.75, 3.05) is 13.7 Å². The van der Waals surface area contributed by atoms with E-state index >= 15 is 0 Å². The Hall–Kier alpha value is -2.34. The number of aryl methyl sites for hydroxylation is 1. The summed E-state index contributed by atoms with van der Waals surface area (Å²) in [6, 6.07) is 7.40. The van der Waals surface area contributed by atoms with Crippen molar-refractivity contribution in [2.24, 2.45) is 0 Å². The van der Waals surface area contributed by atoms with Gasteiger partial charge in [0, 0.05) is 12.0 Å². The van der Waals surface area contributed by atoms with Crippen LogP contribution >= 0.6 is 0 Å². The summed E-state index contributed by atoms with van der Waals surface area (Å²) in [5, 5.41) is 17.7. The highest BCUT2D eigenvalue weighted by atomic mass is 16.5. The average Bonchev–Trinajstić information content (AvgIpc) is 3.36. The van der Waals surface area contributed by atoms with E-state index in [1.807, 2.05) is 18.2 Å². The van der Waals surface area contributed by atoms with Crippen LogP contribution in [0, 0.1) is 0 Å². The molecule has 1 fully saturated rings. The molecule has 1 aromatic heterocycles. The molecule has 6 heteroatoms. The third-order valence-corrected chi connectivity index (χ3v) is 5.13. The molecule has 0 aliphatic heterocycles. The molecule has 1 amide bonds. The van der Waals surface area contributed by atoms with Crippen LogP contribution in [0.2, 0.25) is 0 Å². The predicted molar refractivity (Wildman–Crippen MR) is 90.6 cm³/mol. The highest BCUT2D eigenvalue weighted by Gasteiger charge is 2.35. The van der Waals surface area contributed by atoms with Crippen molar-refractivity contribution in [3.8, 4) is 5.75 Å². The van der Waals surface area contributed by atoms with Crippen LogP contribution in [-0.4, -0.2) is 29.8 Å². The summed E-state index contributed by atoms with van der Waals surface area (Å²) < 4.78 is 10.5. The second-order valence-corrected chi connectivity index (χ2v) is 6.98. The van der Waals surface area contributed by atoms with Crippen molar-refractivity contribution in [1.82, 2.24) is 10.5 Å². The molecule has 0 spiro atoms. The number of hydrogen-bond donors (Lipinski definition) is 2. The highest BCUT2D eigenvalue weighted by molar-refractivity contribution is 5.92. The number of amides is 1.